The molecule has 1 aliphatic heterocycles. The summed E-state index contributed by atoms with van der Waals surface area (Å²) >= 11 is 1.45. The molecule has 5 fully saturated rings. The molecule has 5 aliphatic rings. The predicted molar refractivity (Wildman–Crippen MR) is 127 cm³/mol. The van der Waals surface area contributed by atoms with E-state index < -0.39 is 23.4 Å². The zero-order valence-corrected chi connectivity index (χ0v) is 20.1. The first-order valence-corrected chi connectivity index (χ1v) is 13.1. The van der Waals surface area contributed by atoms with Crippen LogP contribution in [0.5, 0.6) is 0 Å². The molecule has 1 aromatic carbocycles. The Bertz CT molecular complexity index is 1110. The zero-order valence-electron chi connectivity index (χ0n) is 19.3. The molecule has 7 rings (SSSR count). The van der Waals surface area contributed by atoms with Crippen molar-refractivity contribution in [3.63, 3.8) is 0 Å². The predicted octanol–water partition coefficient (Wildman–Crippen LogP) is 3.80. The van der Waals surface area contributed by atoms with Gasteiger partial charge in [0.2, 0.25) is 11.0 Å². The quantitative estimate of drug-likeness (QED) is 0.613. The zero-order chi connectivity index (χ0) is 23.5. The molecule has 1 saturated heterocycles. The number of anilines is 1. The van der Waals surface area contributed by atoms with Crippen molar-refractivity contribution >= 4 is 34.3 Å². The molecular formula is C25H29N5O3S. The Kier molecular flexibility index (Phi) is 5.02. The summed E-state index contributed by atoms with van der Waals surface area (Å²) in [5.41, 5.74) is -0.313. The SMILES string of the molecule is CCC1(c2ccccc2)NC(=O)N(CC(=O)Nc2nnc(C34CC5CC(CC(C5)C3)C4)s2)C1=O. The van der Waals surface area contributed by atoms with Crippen LogP contribution >= 0.6 is 11.3 Å². The second-order valence-electron chi connectivity index (χ2n) is 10.6. The lowest BCUT2D eigenvalue weighted by Crippen LogP contribution is -2.48. The maximum atomic E-state index is 13.3. The van der Waals surface area contributed by atoms with Crippen LogP contribution in [0.15, 0.2) is 30.3 Å². The van der Waals surface area contributed by atoms with Gasteiger partial charge < -0.3 is 5.32 Å². The Labute approximate surface area is 202 Å². The van der Waals surface area contributed by atoms with Crippen molar-refractivity contribution in [3.05, 3.63) is 40.9 Å². The second-order valence-corrected chi connectivity index (χ2v) is 11.6. The van der Waals surface area contributed by atoms with Crippen LogP contribution < -0.4 is 10.6 Å². The number of nitrogens with one attached hydrogen (secondary N) is 2. The molecule has 1 aromatic heterocycles. The summed E-state index contributed by atoms with van der Waals surface area (Å²) in [6, 6.07) is 8.60. The van der Waals surface area contributed by atoms with Crippen LogP contribution in [-0.4, -0.2) is 39.5 Å². The molecule has 34 heavy (non-hydrogen) atoms. The third-order valence-corrected chi connectivity index (χ3v) is 9.52. The van der Waals surface area contributed by atoms with Crippen molar-refractivity contribution in [1.29, 1.82) is 0 Å². The minimum absolute atomic E-state index is 0.122. The molecule has 178 valence electrons. The summed E-state index contributed by atoms with van der Waals surface area (Å²) in [6.07, 6.45) is 8.01. The number of carbonyl (C=O) groups is 3. The average molecular weight is 480 g/mol. The van der Waals surface area contributed by atoms with Gasteiger partial charge in [-0.2, -0.15) is 0 Å². The van der Waals surface area contributed by atoms with Crippen LogP contribution in [0.2, 0.25) is 0 Å². The minimum Gasteiger partial charge on any atom is -0.319 e. The molecule has 2 N–H and O–H groups in total. The Hall–Kier alpha value is -2.81. The van der Waals surface area contributed by atoms with E-state index >= 15 is 0 Å². The highest BCUT2D eigenvalue weighted by atomic mass is 32.1. The number of amides is 4. The van der Waals surface area contributed by atoms with E-state index in [1.54, 1.807) is 0 Å². The fourth-order valence-electron chi connectivity index (χ4n) is 7.29. The second kappa shape index (κ2) is 7.86. The summed E-state index contributed by atoms with van der Waals surface area (Å²) in [4.78, 5) is 39.7. The number of rotatable bonds is 6. The van der Waals surface area contributed by atoms with E-state index in [9.17, 15) is 14.4 Å². The van der Waals surface area contributed by atoms with E-state index in [0.717, 1.165) is 27.7 Å². The highest BCUT2D eigenvalue weighted by Crippen LogP contribution is 2.61. The summed E-state index contributed by atoms with van der Waals surface area (Å²) in [5.74, 6) is 1.55. The Balaban J connectivity index is 1.15. The number of carbonyl (C=O) groups excluding carboxylic acids is 3. The molecule has 9 heteroatoms. The van der Waals surface area contributed by atoms with Crippen molar-refractivity contribution in [2.45, 2.75) is 62.8 Å². The first-order valence-electron chi connectivity index (χ1n) is 12.2. The standard InChI is InChI=1S/C25H29N5O3S/c1-2-25(18-6-4-3-5-7-18)21(32)30(23(33)27-25)14-19(31)26-22-29-28-20(34-22)24-11-15-8-16(12-24)10-17(9-15)13-24/h3-7,15-17H,2,8-14H2,1H3,(H,27,33)(H,26,29,31). The topological polar surface area (TPSA) is 104 Å². The van der Waals surface area contributed by atoms with E-state index in [1.807, 2.05) is 37.3 Å². The Morgan fingerprint density at radius 1 is 1.09 bits per heavy atom. The van der Waals surface area contributed by atoms with Crippen LogP contribution in [0.25, 0.3) is 0 Å². The van der Waals surface area contributed by atoms with Crippen LogP contribution in [0.1, 0.15) is 62.4 Å². The van der Waals surface area contributed by atoms with Crippen molar-refractivity contribution in [2.24, 2.45) is 17.8 Å². The van der Waals surface area contributed by atoms with Gasteiger partial charge in [0.15, 0.2) is 0 Å². The summed E-state index contributed by atoms with van der Waals surface area (Å²) < 4.78 is 0. The van der Waals surface area contributed by atoms with Crippen molar-refractivity contribution in [1.82, 2.24) is 20.4 Å². The molecule has 0 radical (unpaired) electrons. The summed E-state index contributed by atoms with van der Waals surface area (Å²) in [6.45, 7) is 1.49. The first-order chi connectivity index (χ1) is 16.4. The van der Waals surface area contributed by atoms with Crippen LogP contribution in [0.3, 0.4) is 0 Å². The van der Waals surface area contributed by atoms with E-state index in [4.69, 9.17) is 0 Å². The molecule has 1 unspecified atom stereocenters. The van der Waals surface area contributed by atoms with E-state index in [-0.39, 0.29) is 12.0 Å². The molecule has 4 amide bonds. The van der Waals surface area contributed by atoms with Gasteiger partial charge in [0.1, 0.15) is 17.1 Å². The van der Waals surface area contributed by atoms with Crippen molar-refractivity contribution in [2.75, 3.05) is 11.9 Å². The van der Waals surface area contributed by atoms with Crippen molar-refractivity contribution < 1.29 is 14.4 Å². The van der Waals surface area contributed by atoms with Gasteiger partial charge in [-0.3, -0.25) is 19.8 Å². The molecule has 4 saturated carbocycles. The molecule has 8 nitrogen and oxygen atoms in total. The minimum atomic E-state index is -1.15. The van der Waals surface area contributed by atoms with Crippen LogP contribution in [0, 0.1) is 17.8 Å². The van der Waals surface area contributed by atoms with Gasteiger partial charge in [0.05, 0.1) is 0 Å². The number of benzene rings is 1. The third kappa shape index (κ3) is 3.35. The van der Waals surface area contributed by atoms with Crippen molar-refractivity contribution in [3.8, 4) is 0 Å². The fraction of sp³-hybridized carbons (Fsp3) is 0.560. The average Bonchev–Trinajstić information content (AvgIpc) is 3.38. The molecule has 1 atom stereocenters. The van der Waals surface area contributed by atoms with Gasteiger partial charge in [-0.1, -0.05) is 48.6 Å². The van der Waals surface area contributed by atoms with E-state index in [2.05, 4.69) is 20.8 Å². The molecule has 4 bridgehead atoms. The number of hydrogen-bond donors (Lipinski definition) is 2. The lowest BCUT2D eigenvalue weighted by atomic mass is 9.50. The maximum Gasteiger partial charge on any atom is 0.325 e. The highest BCUT2D eigenvalue weighted by molar-refractivity contribution is 7.15. The lowest BCUT2D eigenvalue weighted by molar-refractivity contribution is -0.134. The number of nitrogens with zero attached hydrogens (tertiary/aromatic N) is 3. The largest absolute Gasteiger partial charge is 0.325 e. The number of urea groups is 1. The lowest BCUT2D eigenvalue weighted by Gasteiger charge is -2.55. The first kappa shape index (κ1) is 21.7. The van der Waals surface area contributed by atoms with Gasteiger partial charge >= 0.3 is 6.03 Å². The molecule has 2 heterocycles. The fourth-order valence-corrected chi connectivity index (χ4v) is 8.27. The van der Waals surface area contributed by atoms with Gasteiger partial charge in [-0.05, 0) is 68.3 Å². The van der Waals surface area contributed by atoms with E-state index in [1.165, 1.54) is 49.9 Å². The summed E-state index contributed by atoms with van der Waals surface area (Å²) in [7, 11) is 0. The highest BCUT2D eigenvalue weighted by Gasteiger charge is 2.54. The maximum absolute atomic E-state index is 13.3. The number of imide groups is 1. The molecule has 4 aliphatic carbocycles. The number of aromatic nitrogens is 2. The number of hydrogen-bond acceptors (Lipinski definition) is 6. The van der Waals surface area contributed by atoms with Crippen LogP contribution in [-0.2, 0) is 20.5 Å². The van der Waals surface area contributed by atoms with E-state index in [0.29, 0.717) is 17.1 Å². The normalized spacial score (nSPS) is 33.9. The Morgan fingerprint density at radius 3 is 2.35 bits per heavy atom. The molecular weight excluding hydrogens is 450 g/mol. The summed E-state index contributed by atoms with van der Waals surface area (Å²) in [5, 5.41) is 15.8. The third-order valence-electron chi connectivity index (χ3n) is 8.44. The van der Waals surface area contributed by atoms with Gasteiger partial charge in [-0.15, -0.1) is 10.2 Å². The molecule has 2 aromatic rings. The monoisotopic (exact) mass is 479 g/mol. The molecule has 0 spiro atoms. The van der Waals surface area contributed by atoms with Gasteiger partial charge in [0, 0.05) is 5.41 Å². The van der Waals surface area contributed by atoms with Gasteiger partial charge in [-0.25, -0.2) is 4.79 Å². The Morgan fingerprint density at radius 2 is 1.74 bits per heavy atom. The van der Waals surface area contributed by atoms with Crippen LogP contribution in [0.4, 0.5) is 9.93 Å². The van der Waals surface area contributed by atoms with Gasteiger partial charge in [0.25, 0.3) is 5.91 Å². The smallest absolute Gasteiger partial charge is 0.319 e.